The van der Waals surface area contributed by atoms with Crippen LogP contribution in [0.1, 0.15) is 24.9 Å². The molecule has 0 aliphatic rings. The van der Waals surface area contributed by atoms with Crippen LogP contribution in [0.4, 0.5) is 8.78 Å². The van der Waals surface area contributed by atoms with E-state index in [4.69, 9.17) is 0 Å². The molecule has 5 heteroatoms. The molecule has 0 fully saturated rings. The molecule has 0 saturated carbocycles. The van der Waals surface area contributed by atoms with E-state index in [1.807, 2.05) is 0 Å². The average Bonchev–Trinajstić information content (AvgIpc) is 2.26. The van der Waals surface area contributed by atoms with Gasteiger partial charge in [-0.2, -0.15) is 0 Å². The third-order valence-electron chi connectivity index (χ3n) is 2.41. The van der Waals surface area contributed by atoms with Crippen molar-refractivity contribution in [1.29, 1.82) is 0 Å². The zero-order valence-electron chi connectivity index (χ0n) is 9.89. The van der Waals surface area contributed by atoms with Crippen molar-refractivity contribution in [2.75, 3.05) is 13.6 Å². The number of benzene rings is 1. The van der Waals surface area contributed by atoms with Gasteiger partial charge in [-0.05, 0) is 20.0 Å². The summed E-state index contributed by atoms with van der Waals surface area (Å²) in [4.78, 5) is 11.4. The Bertz CT molecular complexity index is 396. The molecule has 0 bridgehead atoms. The molecule has 2 N–H and O–H groups in total. The number of carbonyl (C=O) groups is 1. The first kappa shape index (κ1) is 13.6. The smallest absolute Gasteiger partial charge is 0.221 e. The maximum Gasteiger partial charge on any atom is 0.221 e. The molecule has 1 amide bonds. The summed E-state index contributed by atoms with van der Waals surface area (Å²) in [6.07, 6.45) is 0.323. The first-order valence-corrected chi connectivity index (χ1v) is 5.43. The van der Waals surface area contributed by atoms with Gasteiger partial charge in [0.05, 0.1) is 6.04 Å². The summed E-state index contributed by atoms with van der Waals surface area (Å²) in [6, 6.07) is 2.86. The maximum absolute atomic E-state index is 13.4. The fourth-order valence-electron chi connectivity index (χ4n) is 1.48. The van der Waals surface area contributed by atoms with Gasteiger partial charge in [-0.1, -0.05) is 6.07 Å². The predicted molar refractivity (Wildman–Crippen MR) is 61.5 cm³/mol. The van der Waals surface area contributed by atoms with E-state index in [0.29, 0.717) is 13.0 Å². The Labute approximate surface area is 99.2 Å². The normalized spacial score (nSPS) is 12.2. The lowest BCUT2D eigenvalue weighted by Gasteiger charge is -2.15. The summed E-state index contributed by atoms with van der Waals surface area (Å²) in [5, 5.41) is 5.50. The third-order valence-corrected chi connectivity index (χ3v) is 2.41. The van der Waals surface area contributed by atoms with Gasteiger partial charge < -0.3 is 10.6 Å². The van der Waals surface area contributed by atoms with Gasteiger partial charge >= 0.3 is 0 Å². The minimum absolute atomic E-state index is 0.171. The highest BCUT2D eigenvalue weighted by atomic mass is 19.1. The number of rotatable bonds is 5. The highest BCUT2D eigenvalue weighted by Gasteiger charge is 2.13. The second kappa shape index (κ2) is 6.30. The van der Waals surface area contributed by atoms with E-state index in [1.165, 1.54) is 12.1 Å². The van der Waals surface area contributed by atoms with Crippen LogP contribution in [0.5, 0.6) is 0 Å². The van der Waals surface area contributed by atoms with Crippen molar-refractivity contribution in [1.82, 2.24) is 10.6 Å². The SMILES string of the molecule is CNCCC(=O)N[C@H](C)c1ccc(F)cc1F. The Morgan fingerprint density at radius 1 is 1.41 bits per heavy atom. The number of hydrogen-bond acceptors (Lipinski definition) is 2. The zero-order chi connectivity index (χ0) is 12.8. The zero-order valence-corrected chi connectivity index (χ0v) is 9.89. The Kier molecular flexibility index (Phi) is 5.03. The summed E-state index contributed by atoms with van der Waals surface area (Å²) in [7, 11) is 1.75. The molecular formula is C12H16F2N2O. The lowest BCUT2D eigenvalue weighted by atomic mass is 10.1. The summed E-state index contributed by atoms with van der Waals surface area (Å²) in [6.45, 7) is 2.22. The van der Waals surface area contributed by atoms with Gasteiger partial charge in [-0.15, -0.1) is 0 Å². The quantitative estimate of drug-likeness (QED) is 0.826. The molecule has 0 radical (unpaired) electrons. The first-order valence-electron chi connectivity index (χ1n) is 5.43. The first-order chi connectivity index (χ1) is 8.04. The van der Waals surface area contributed by atoms with Crippen LogP contribution in [-0.4, -0.2) is 19.5 Å². The summed E-state index contributed by atoms with van der Waals surface area (Å²) in [5.74, 6) is -1.44. The molecule has 3 nitrogen and oxygen atoms in total. The molecule has 1 atom stereocenters. The Morgan fingerprint density at radius 3 is 2.71 bits per heavy atom. The second-order valence-corrected chi connectivity index (χ2v) is 3.81. The number of halogens is 2. The summed E-state index contributed by atoms with van der Waals surface area (Å²) < 4.78 is 26.1. The lowest BCUT2D eigenvalue weighted by Crippen LogP contribution is -2.29. The molecule has 0 saturated heterocycles. The molecule has 17 heavy (non-hydrogen) atoms. The number of nitrogens with one attached hydrogen (secondary N) is 2. The molecular weight excluding hydrogens is 226 g/mol. The van der Waals surface area contributed by atoms with E-state index in [-0.39, 0.29) is 11.5 Å². The van der Waals surface area contributed by atoms with Gasteiger partial charge in [0.15, 0.2) is 0 Å². The molecule has 0 heterocycles. The molecule has 0 unspecified atom stereocenters. The van der Waals surface area contributed by atoms with Gasteiger partial charge in [-0.25, -0.2) is 8.78 Å². The van der Waals surface area contributed by atoms with E-state index < -0.39 is 17.7 Å². The number of amides is 1. The molecule has 1 aromatic rings. The van der Waals surface area contributed by atoms with Crippen LogP contribution in [0.25, 0.3) is 0 Å². The molecule has 0 aliphatic carbocycles. The Morgan fingerprint density at radius 2 is 2.12 bits per heavy atom. The molecule has 0 aliphatic heterocycles. The van der Waals surface area contributed by atoms with Crippen molar-refractivity contribution in [2.45, 2.75) is 19.4 Å². The fraction of sp³-hybridized carbons (Fsp3) is 0.417. The molecule has 94 valence electrons. The van der Waals surface area contributed by atoms with Crippen LogP contribution >= 0.6 is 0 Å². The van der Waals surface area contributed by atoms with Gasteiger partial charge in [0.2, 0.25) is 5.91 Å². The van der Waals surface area contributed by atoms with Gasteiger partial charge in [-0.3, -0.25) is 4.79 Å². The summed E-state index contributed by atoms with van der Waals surface area (Å²) in [5.41, 5.74) is 0.282. The predicted octanol–water partition coefficient (Wildman–Crippen LogP) is 1.75. The van der Waals surface area contributed by atoms with E-state index in [2.05, 4.69) is 10.6 Å². The van der Waals surface area contributed by atoms with Crippen LogP contribution in [0, 0.1) is 11.6 Å². The highest BCUT2D eigenvalue weighted by Crippen LogP contribution is 2.17. The van der Waals surface area contributed by atoms with Crippen molar-refractivity contribution in [2.24, 2.45) is 0 Å². The molecule has 1 rings (SSSR count). The lowest BCUT2D eigenvalue weighted by molar-refractivity contribution is -0.121. The Balaban J connectivity index is 2.63. The fourth-order valence-corrected chi connectivity index (χ4v) is 1.48. The van der Waals surface area contributed by atoms with Crippen LogP contribution in [-0.2, 0) is 4.79 Å². The monoisotopic (exact) mass is 242 g/mol. The molecule has 0 aromatic heterocycles. The number of carbonyl (C=O) groups excluding carboxylic acids is 1. The van der Waals surface area contributed by atoms with E-state index >= 15 is 0 Å². The average molecular weight is 242 g/mol. The van der Waals surface area contributed by atoms with Crippen molar-refractivity contribution < 1.29 is 13.6 Å². The van der Waals surface area contributed by atoms with Crippen LogP contribution < -0.4 is 10.6 Å². The maximum atomic E-state index is 13.4. The van der Waals surface area contributed by atoms with Gasteiger partial charge in [0, 0.05) is 24.6 Å². The minimum Gasteiger partial charge on any atom is -0.349 e. The molecule has 1 aromatic carbocycles. The van der Waals surface area contributed by atoms with Crippen LogP contribution in [0.3, 0.4) is 0 Å². The van der Waals surface area contributed by atoms with Crippen LogP contribution in [0.15, 0.2) is 18.2 Å². The topological polar surface area (TPSA) is 41.1 Å². The number of hydrogen-bond donors (Lipinski definition) is 2. The van der Waals surface area contributed by atoms with E-state index in [0.717, 1.165) is 6.07 Å². The summed E-state index contributed by atoms with van der Waals surface area (Å²) >= 11 is 0. The van der Waals surface area contributed by atoms with E-state index in [1.54, 1.807) is 14.0 Å². The van der Waals surface area contributed by atoms with Crippen molar-refractivity contribution >= 4 is 5.91 Å². The van der Waals surface area contributed by atoms with Gasteiger partial charge in [0.25, 0.3) is 0 Å². The van der Waals surface area contributed by atoms with Crippen molar-refractivity contribution in [3.8, 4) is 0 Å². The highest BCUT2D eigenvalue weighted by molar-refractivity contribution is 5.76. The largest absolute Gasteiger partial charge is 0.349 e. The van der Waals surface area contributed by atoms with Crippen LogP contribution in [0.2, 0.25) is 0 Å². The third kappa shape index (κ3) is 4.11. The van der Waals surface area contributed by atoms with E-state index in [9.17, 15) is 13.6 Å². The second-order valence-electron chi connectivity index (χ2n) is 3.81. The Hall–Kier alpha value is -1.49. The standard InChI is InChI=1S/C12H16F2N2O/c1-8(16-12(17)5-6-15-2)10-4-3-9(13)7-11(10)14/h3-4,7-8,15H,5-6H2,1-2H3,(H,16,17)/t8-/m1/s1. The molecule has 0 spiro atoms. The van der Waals surface area contributed by atoms with Crippen molar-refractivity contribution in [3.63, 3.8) is 0 Å². The van der Waals surface area contributed by atoms with Gasteiger partial charge in [0.1, 0.15) is 11.6 Å². The minimum atomic E-state index is -0.647. The van der Waals surface area contributed by atoms with Crippen molar-refractivity contribution in [3.05, 3.63) is 35.4 Å².